The van der Waals surface area contributed by atoms with Crippen LogP contribution in [0.1, 0.15) is 5.69 Å². The van der Waals surface area contributed by atoms with Crippen LogP contribution in [0.5, 0.6) is 0 Å². The topological polar surface area (TPSA) is 154 Å². The Morgan fingerprint density at radius 1 is 1.40 bits per heavy atom. The van der Waals surface area contributed by atoms with E-state index in [0.29, 0.717) is 17.9 Å². The maximum Gasteiger partial charge on any atom is 0.276 e. The van der Waals surface area contributed by atoms with Crippen LogP contribution in [-0.2, 0) is 25.8 Å². The van der Waals surface area contributed by atoms with E-state index < -0.39 is 29.2 Å². The molecule has 3 aromatic rings. The number of aromatic nitrogens is 2. The number of thiazole rings is 1. The number of rotatable bonds is 7. The van der Waals surface area contributed by atoms with Crippen molar-refractivity contribution in [2.75, 3.05) is 18.6 Å². The molecule has 35 heavy (non-hydrogen) atoms. The third kappa shape index (κ3) is 4.13. The maximum absolute atomic E-state index is 13.0. The summed E-state index contributed by atoms with van der Waals surface area (Å²) in [7, 11) is 1.28. The summed E-state index contributed by atoms with van der Waals surface area (Å²) in [5.41, 5.74) is 6.14. The van der Waals surface area contributed by atoms with Gasteiger partial charge in [-0.25, -0.2) is 4.98 Å². The molecule has 1 saturated heterocycles. The standard InChI is InChI=1S/C21H18N6O5S3/c1-32-25-13(12-9-35-21(22)23-12)16(28)24-14-17(29)27-15(20(30)31)11(8-34-19(14)27)7-26-5-2-3-10-4-6-33-18(10)26/h2-6,9,14,19H,7-8H2,1H3,(H3-,22,23,24,28,30,31)/b25-13-/t14-,19-/m1/s1. The van der Waals surface area contributed by atoms with Gasteiger partial charge < -0.3 is 25.8 Å². The number of thiophene rings is 1. The highest BCUT2D eigenvalue weighted by atomic mass is 32.2. The van der Waals surface area contributed by atoms with Gasteiger partial charge in [-0.2, -0.15) is 4.57 Å². The first-order valence-electron chi connectivity index (χ1n) is 10.3. The predicted octanol–water partition coefficient (Wildman–Crippen LogP) is -0.318. The Hall–Kier alpha value is -3.49. The van der Waals surface area contributed by atoms with E-state index in [-0.39, 0.29) is 22.2 Å². The number of pyridine rings is 1. The van der Waals surface area contributed by atoms with Crippen LogP contribution >= 0.6 is 34.4 Å². The Bertz CT molecular complexity index is 1410. The zero-order chi connectivity index (χ0) is 24.7. The molecule has 11 nitrogen and oxygen atoms in total. The number of hydrogen-bond donors (Lipinski definition) is 2. The number of thioether (sulfide) groups is 1. The lowest BCUT2D eigenvalue weighted by Gasteiger charge is -2.50. The molecule has 3 aromatic heterocycles. The van der Waals surface area contributed by atoms with Crippen molar-refractivity contribution in [3.05, 3.63) is 52.1 Å². The lowest BCUT2D eigenvalue weighted by atomic mass is 10.0. The van der Waals surface area contributed by atoms with Gasteiger partial charge in [-0.15, -0.1) is 23.1 Å². The number of oxime groups is 1. The van der Waals surface area contributed by atoms with Crippen molar-refractivity contribution in [1.82, 2.24) is 15.2 Å². The molecule has 0 aliphatic carbocycles. The summed E-state index contributed by atoms with van der Waals surface area (Å²) in [6.07, 6.45) is 1.87. The fraction of sp³-hybridized carbons (Fsp3) is 0.238. The molecule has 2 amide bonds. The Labute approximate surface area is 210 Å². The number of hydrogen-bond acceptors (Lipinski definition) is 11. The van der Waals surface area contributed by atoms with E-state index in [1.807, 2.05) is 34.3 Å². The van der Waals surface area contributed by atoms with E-state index in [1.54, 1.807) is 16.7 Å². The molecule has 5 heterocycles. The minimum absolute atomic E-state index is 0.135. The number of nitrogens with one attached hydrogen (secondary N) is 1. The van der Waals surface area contributed by atoms with Crippen molar-refractivity contribution in [3.63, 3.8) is 0 Å². The van der Waals surface area contributed by atoms with E-state index in [1.165, 1.54) is 23.8 Å². The average molecular weight is 531 g/mol. The number of carbonyl (C=O) groups excluding carboxylic acids is 3. The molecule has 0 bridgehead atoms. The molecule has 5 rings (SSSR count). The van der Waals surface area contributed by atoms with Crippen LogP contribution in [0.2, 0.25) is 0 Å². The number of amides is 2. The molecule has 0 saturated carbocycles. The molecular weight excluding hydrogens is 512 g/mol. The average Bonchev–Trinajstić information content (AvgIpc) is 3.49. The molecular formula is C21H18N6O5S3. The minimum atomic E-state index is -1.43. The second-order valence-corrected chi connectivity index (χ2v) is 10.5. The molecule has 3 N–H and O–H groups in total. The number of nitrogens with two attached hydrogens (primary N) is 1. The second kappa shape index (κ2) is 9.28. The highest BCUT2D eigenvalue weighted by molar-refractivity contribution is 8.00. The van der Waals surface area contributed by atoms with Gasteiger partial charge in [0.25, 0.3) is 16.6 Å². The van der Waals surface area contributed by atoms with E-state index in [2.05, 4.69) is 15.5 Å². The van der Waals surface area contributed by atoms with E-state index in [4.69, 9.17) is 10.6 Å². The molecule has 0 aromatic carbocycles. The van der Waals surface area contributed by atoms with Gasteiger partial charge in [-0.1, -0.05) is 16.5 Å². The number of carboxylic acid groups (broad SMARTS) is 1. The van der Waals surface area contributed by atoms with Gasteiger partial charge in [-0.05, 0) is 17.5 Å². The van der Waals surface area contributed by atoms with Gasteiger partial charge >= 0.3 is 0 Å². The highest BCUT2D eigenvalue weighted by Gasteiger charge is 2.53. The molecule has 1 fully saturated rings. The van der Waals surface area contributed by atoms with Crippen LogP contribution in [0.25, 0.3) is 10.2 Å². The molecule has 180 valence electrons. The number of β-lactam (4-membered cyclic amide) rings is 1. The fourth-order valence-electron chi connectivity index (χ4n) is 4.01. The third-order valence-electron chi connectivity index (χ3n) is 5.53. The SMILES string of the molecule is CO/N=C(\C(=O)N[C@@H]1C(=O)N2C(C(=O)[O-])=C(C[n+]3cccc4ccsc43)CS[C@H]12)c1csc(N)n1. The summed E-state index contributed by atoms with van der Waals surface area (Å²) in [4.78, 5) is 48.9. The van der Waals surface area contributed by atoms with Crippen LogP contribution < -0.4 is 20.7 Å². The van der Waals surface area contributed by atoms with Crippen molar-refractivity contribution in [2.45, 2.75) is 18.0 Å². The van der Waals surface area contributed by atoms with Gasteiger partial charge in [0.15, 0.2) is 23.6 Å². The smallest absolute Gasteiger partial charge is 0.276 e. The number of nitrogens with zero attached hydrogens (tertiary/aromatic N) is 4. The monoisotopic (exact) mass is 530 g/mol. The Morgan fingerprint density at radius 2 is 2.23 bits per heavy atom. The predicted molar refractivity (Wildman–Crippen MR) is 129 cm³/mol. The maximum atomic E-state index is 13.0. The highest BCUT2D eigenvalue weighted by Crippen LogP contribution is 2.40. The van der Waals surface area contributed by atoms with Crippen LogP contribution in [0, 0.1) is 0 Å². The van der Waals surface area contributed by atoms with Crippen molar-refractivity contribution in [3.8, 4) is 0 Å². The Morgan fingerprint density at radius 3 is 2.94 bits per heavy atom. The van der Waals surface area contributed by atoms with Crippen molar-refractivity contribution in [1.29, 1.82) is 0 Å². The lowest BCUT2D eigenvalue weighted by molar-refractivity contribution is -0.661. The van der Waals surface area contributed by atoms with Gasteiger partial charge in [0.1, 0.15) is 24.2 Å². The minimum Gasteiger partial charge on any atom is -0.543 e. The van der Waals surface area contributed by atoms with Crippen LogP contribution in [-0.4, -0.2) is 57.7 Å². The second-order valence-electron chi connectivity index (χ2n) is 7.61. The summed E-state index contributed by atoms with van der Waals surface area (Å²) in [6.45, 7) is 0.303. The number of aliphatic carboxylic acids is 1. The quantitative estimate of drug-likeness (QED) is 0.182. The van der Waals surface area contributed by atoms with E-state index in [9.17, 15) is 19.5 Å². The van der Waals surface area contributed by atoms with E-state index >= 15 is 0 Å². The molecule has 2 aliphatic rings. The van der Waals surface area contributed by atoms with Crippen LogP contribution in [0.4, 0.5) is 5.13 Å². The summed E-state index contributed by atoms with van der Waals surface area (Å²) >= 11 is 4.06. The summed E-state index contributed by atoms with van der Waals surface area (Å²) in [5, 5.41) is 22.7. The van der Waals surface area contributed by atoms with Gasteiger partial charge in [0.2, 0.25) is 0 Å². The molecule has 2 aliphatic heterocycles. The molecule has 0 radical (unpaired) electrons. The van der Waals surface area contributed by atoms with Gasteiger partial charge in [0.05, 0.1) is 17.1 Å². The normalized spacial score (nSPS) is 20.0. The van der Waals surface area contributed by atoms with Gasteiger partial charge in [0, 0.05) is 22.8 Å². The Kier molecular flexibility index (Phi) is 6.17. The van der Waals surface area contributed by atoms with Crippen molar-refractivity contribution >= 4 is 73.3 Å². The first-order valence-corrected chi connectivity index (χ1v) is 13.1. The number of fused-ring (bicyclic) bond motifs is 2. The number of carboxylic acids is 1. The van der Waals surface area contributed by atoms with Crippen LogP contribution in [0.3, 0.4) is 0 Å². The summed E-state index contributed by atoms with van der Waals surface area (Å²) in [5.74, 6) is -2.29. The van der Waals surface area contributed by atoms with Crippen molar-refractivity contribution in [2.24, 2.45) is 5.16 Å². The largest absolute Gasteiger partial charge is 0.543 e. The van der Waals surface area contributed by atoms with Gasteiger partial charge in [-0.3, -0.25) is 14.5 Å². The number of nitrogen functional groups attached to an aromatic ring is 1. The molecule has 2 atom stereocenters. The zero-order valence-corrected chi connectivity index (χ0v) is 20.6. The first-order chi connectivity index (χ1) is 16.9. The number of carbonyl (C=O) groups is 3. The molecule has 0 spiro atoms. The first kappa shape index (κ1) is 23.3. The molecule has 14 heteroatoms. The van der Waals surface area contributed by atoms with Crippen molar-refractivity contribution < 1.29 is 28.9 Å². The zero-order valence-electron chi connectivity index (χ0n) is 18.2. The third-order valence-corrected chi connectivity index (χ3v) is 8.51. The van der Waals surface area contributed by atoms with E-state index in [0.717, 1.165) is 21.6 Å². The summed E-state index contributed by atoms with van der Waals surface area (Å²) < 4.78 is 1.95. The Balaban J connectivity index is 1.38. The summed E-state index contributed by atoms with van der Waals surface area (Å²) in [6, 6.07) is 4.93. The number of anilines is 1. The van der Waals surface area contributed by atoms with Crippen LogP contribution in [0.15, 0.2) is 51.6 Å². The molecule has 0 unspecified atom stereocenters. The fourth-order valence-corrected chi connectivity index (χ4v) is 6.77. The lowest BCUT2D eigenvalue weighted by Crippen LogP contribution is -2.71.